The van der Waals surface area contributed by atoms with Crippen LogP contribution in [0.4, 0.5) is 0 Å². The van der Waals surface area contributed by atoms with Gasteiger partial charge in [-0.05, 0) is 121 Å². The number of unbranched alkanes of at least 4 members (excludes halogenated alkanes) is 4. The van der Waals surface area contributed by atoms with Gasteiger partial charge >= 0.3 is 0 Å². The van der Waals surface area contributed by atoms with Gasteiger partial charge in [0.25, 0.3) is 0 Å². The monoisotopic (exact) mass is 555 g/mol. The molecule has 0 heterocycles. The van der Waals surface area contributed by atoms with E-state index in [2.05, 4.69) is 62.3 Å². The van der Waals surface area contributed by atoms with Crippen LogP contribution < -0.4 is 0 Å². The van der Waals surface area contributed by atoms with Gasteiger partial charge in [-0.25, -0.2) is 0 Å². The second-order valence-corrected chi connectivity index (χ2v) is 17.1. The van der Waals surface area contributed by atoms with E-state index in [4.69, 9.17) is 0 Å². The molecule has 234 valence electrons. The molecule has 15 atom stereocenters. The van der Waals surface area contributed by atoms with Crippen LogP contribution in [0, 0.1) is 88.8 Å². The molecule has 4 saturated carbocycles. The maximum Gasteiger partial charge on any atom is -0.0349 e. The summed E-state index contributed by atoms with van der Waals surface area (Å²) in [7, 11) is 0. The van der Waals surface area contributed by atoms with Crippen LogP contribution in [0.5, 0.6) is 0 Å². The first-order chi connectivity index (χ1) is 19.2. The maximum atomic E-state index is 2.61. The molecule has 4 aliphatic rings. The normalized spacial score (nSPS) is 37.7. The Morgan fingerprint density at radius 1 is 0.500 bits per heavy atom. The average molecular weight is 555 g/mol. The Bertz CT molecular complexity index is 724. The van der Waals surface area contributed by atoms with Crippen LogP contribution in [-0.4, -0.2) is 0 Å². The molecule has 15 unspecified atom stereocenters. The van der Waals surface area contributed by atoms with Crippen LogP contribution in [0.25, 0.3) is 0 Å². The Balaban J connectivity index is 1.00. The van der Waals surface area contributed by atoms with Crippen molar-refractivity contribution in [1.29, 1.82) is 0 Å². The topological polar surface area (TPSA) is 0 Å². The van der Waals surface area contributed by atoms with Crippen LogP contribution in [0.15, 0.2) is 0 Å². The number of rotatable bonds is 22. The maximum absolute atomic E-state index is 2.61. The summed E-state index contributed by atoms with van der Waals surface area (Å²) in [5, 5.41) is 0. The predicted molar refractivity (Wildman–Crippen MR) is 177 cm³/mol. The molecular formula is C40H74. The fraction of sp³-hybridized carbons (Fsp3) is 1.00. The Morgan fingerprint density at radius 3 is 1.95 bits per heavy atom. The molecule has 0 radical (unpaired) electrons. The number of hydrogen-bond acceptors (Lipinski definition) is 0. The summed E-state index contributed by atoms with van der Waals surface area (Å²) in [4.78, 5) is 0. The molecule has 0 N–H and O–H groups in total. The fourth-order valence-corrected chi connectivity index (χ4v) is 9.89. The van der Waals surface area contributed by atoms with Gasteiger partial charge in [0.05, 0.1) is 0 Å². The van der Waals surface area contributed by atoms with Crippen molar-refractivity contribution in [3.05, 3.63) is 0 Å². The van der Waals surface area contributed by atoms with E-state index in [0.717, 1.165) is 88.8 Å². The number of hydrogen-bond donors (Lipinski definition) is 0. The second-order valence-electron chi connectivity index (χ2n) is 17.1. The first-order valence-corrected chi connectivity index (χ1v) is 19.2. The molecule has 4 fully saturated rings. The van der Waals surface area contributed by atoms with E-state index in [1.165, 1.54) is 70.6 Å². The SMILES string of the molecule is CCCCCC(C)C(C)C1CC1C(C)CCC1CC1C1CC1C(C)CCCCCC1CC1C(C)C(C)C(C)CC. The highest BCUT2D eigenvalue weighted by Gasteiger charge is 2.54. The van der Waals surface area contributed by atoms with E-state index in [1.807, 2.05) is 0 Å². The highest BCUT2D eigenvalue weighted by atomic mass is 14.6. The third-order valence-electron chi connectivity index (χ3n) is 14.4. The van der Waals surface area contributed by atoms with Gasteiger partial charge in [-0.3, -0.25) is 0 Å². The quantitative estimate of drug-likeness (QED) is 0.117. The Labute approximate surface area is 253 Å². The molecular weight excluding hydrogens is 480 g/mol. The van der Waals surface area contributed by atoms with Gasteiger partial charge in [-0.2, -0.15) is 0 Å². The summed E-state index contributed by atoms with van der Waals surface area (Å²) in [5.74, 6) is 15.4. The first-order valence-electron chi connectivity index (χ1n) is 19.2. The molecule has 0 amide bonds. The van der Waals surface area contributed by atoms with Crippen LogP contribution in [0.2, 0.25) is 0 Å². The lowest BCUT2D eigenvalue weighted by molar-refractivity contribution is 0.238. The molecule has 0 nitrogen and oxygen atoms in total. The molecule has 0 aromatic heterocycles. The lowest BCUT2D eigenvalue weighted by Crippen LogP contribution is -2.18. The van der Waals surface area contributed by atoms with Crippen LogP contribution in [0.3, 0.4) is 0 Å². The van der Waals surface area contributed by atoms with Crippen LogP contribution >= 0.6 is 0 Å². The van der Waals surface area contributed by atoms with E-state index in [0.29, 0.717) is 0 Å². The fourth-order valence-electron chi connectivity index (χ4n) is 9.89. The van der Waals surface area contributed by atoms with E-state index in [9.17, 15) is 0 Å². The molecule has 4 rings (SSSR count). The van der Waals surface area contributed by atoms with Crippen LogP contribution in [0.1, 0.15) is 165 Å². The van der Waals surface area contributed by atoms with Crippen molar-refractivity contribution in [2.45, 2.75) is 165 Å². The molecule has 0 saturated heterocycles. The van der Waals surface area contributed by atoms with Gasteiger partial charge in [0, 0.05) is 0 Å². The Hall–Kier alpha value is 0. The molecule has 40 heavy (non-hydrogen) atoms. The zero-order valence-corrected chi connectivity index (χ0v) is 29.0. The second kappa shape index (κ2) is 15.1. The summed E-state index contributed by atoms with van der Waals surface area (Å²) in [6.07, 6.45) is 24.0. The standard InChI is InChI=1S/C40H74/c1-10-12-14-17-27(4)31(8)38-24-35(38)29(6)20-21-34-23-39(34)40-25-36(40)28(5)18-15-13-16-19-33-22-37(33)32(9)30(7)26(3)11-2/h26-40H,10-25H2,1-9H3. The summed E-state index contributed by atoms with van der Waals surface area (Å²) in [5.41, 5.74) is 0. The summed E-state index contributed by atoms with van der Waals surface area (Å²) >= 11 is 0. The van der Waals surface area contributed by atoms with E-state index in [1.54, 1.807) is 32.1 Å². The van der Waals surface area contributed by atoms with Crippen molar-refractivity contribution < 1.29 is 0 Å². The van der Waals surface area contributed by atoms with Crippen molar-refractivity contribution in [1.82, 2.24) is 0 Å². The van der Waals surface area contributed by atoms with Gasteiger partial charge in [-0.1, -0.05) is 133 Å². The molecule has 0 heteroatoms. The molecule has 4 aliphatic carbocycles. The van der Waals surface area contributed by atoms with E-state index >= 15 is 0 Å². The van der Waals surface area contributed by atoms with Gasteiger partial charge < -0.3 is 0 Å². The zero-order valence-electron chi connectivity index (χ0n) is 29.0. The van der Waals surface area contributed by atoms with E-state index in [-0.39, 0.29) is 0 Å². The first kappa shape index (κ1) is 32.9. The van der Waals surface area contributed by atoms with Gasteiger partial charge in [0.2, 0.25) is 0 Å². The highest BCUT2D eigenvalue weighted by molar-refractivity contribution is 5.03. The van der Waals surface area contributed by atoms with Gasteiger partial charge in [-0.15, -0.1) is 0 Å². The zero-order chi connectivity index (χ0) is 29.0. The Kier molecular flexibility index (Phi) is 12.4. The van der Waals surface area contributed by atoms with Crippen molar-refractivity contribution in [3.63, 3.8) is 0 Å². The molecule has 0 aromatic rings. The largest absolute Gasteiger partial charge is 0.0654 e. The Morgan fingerprint density at radius 2 is 1.23 bits per heavy atom. The minimum atomic E-state index is 0.900. The summed E-state index contributed by atoms with van der Waals surface area (Å²) in [6.45, 7) is 22.6. The summed E-state index contributed by atoms with van der Waals surface area (Å²) < 4.78 is 0. The average Bonchev–Trinajstić information content (AvgIpc) is 3.78. The molecule has 0 spiro atoms. The molecule has 0 bridgehead atoms. The van der Waals surface area contributed by atoms with Crippen molar-refractivity contribution >= 4 is 0 Å². The lowest BCUT2D eigenvalue weighted by atomic mass is 9.80. The molecule has 0 aliphatic heterocycles. The highest BCUT2D eigenvalue weighted by Crippen LogP contribution is 2.62. The van der Waals surface area contributed by atoms with E-state index < -0.39 is 0 Å². The minimum Gasteiger partial charge on any atom is -0.0654 e. The third kappa shape index (κ3) is 9.01. The van der Waals surface area contributed by atoms with Gasteiger partial charge in [0.1, 0.15) is 0 Å². The van der Waals surface area contributed by atoms with Crippen molar-refractivity contribution in [2.75, 3.05) is 0 Å². The smallest absolute Gasteiger partial charge is 0.0349 e. The predicted octanol–water partition coefficient (Wildman–Crippen LogP) is 12.7. The van der Waals surface area contributed by atoms with Crippen molar-refractivity contribution in [3.8, 4) is 0 Å². The minimum absolute atomic E-state index is 0.900. The summed E-state index contributed by atoms with van der Waals surface area (Å²) in [6, 6.07) is 0. The van der Waals surface area contributed by atoms with Gasteiger partial charge in [0.15, 0.2) is 0 Å². The molecule has 0 aromatic carbocycles. The van der Waals surface area contributed by atoms with Crippen molar-refractivity contribution in [2.24, 2.45) is 88.8 Å². The third-order valence-corrected chi connectivity index (χ3v) is 14.4. The van der Waals surface area contributed by atoms with Crippen LogP contribution in [-0.2, 0) is 0 Å². The lowest BCUT2D eigenvalue weighted by Gasteiger charge is -2.25.